The minimum absolute atomic E-state index is 0.0482. The van der Waals surface area contributed by atoms with E-state index in [2.05, 4.69) is 25.6 Å². The van der Waals surface area contributed by atoms with Crippen molar-refractivity contribution in [1.82, 2.24) is 34.4 Å². The van der Waals surface area contributed by atoms with Crippen LogP contribution >= 0.6 is 0 Å². The number of nitrogens with zero attached hydrogens (tertiary/aromatic N) is 6. The molecule has 5 rings (SSSR count). The maximum atomic E-state index is 13.3. The molecule has 0 unspecified atom stereocenters. The Morgan fingerprint density at radius 1 is 1.07 bits per heavy atom. The fraction of sp³-hybridized carbons (Fsp3) is 0.567. The predicted octanol–water partition coefficient (Wildman–Crippen LogP) is 2.97. The van der Waals surface area contributed by atoms with Crippen LogP contribution in [0.1, 0.15) is 72.0 Å². The normalized spacial score (nSPS) is 16.4. The number of methoxy groups -OCH3 is 1. The molecule has 0 radical (unpaired) electrons. The number of benzene rings is 1. The van der Waals surface area contributed by atoms with Gasteiger partial charge >= 0.3 is 6.03 Å². The number of aryl methyl sites for hydroxylation is 3. The summed E-state index contributed by atoms with van der Waals surface area (Å²) in [7, 11) is 1.51. The minimum atomic E-state index is -0.606. The molecule has 13 heteroatoms. The number of hydrogen-bond donors (Lipinski definition) is 3. The van der Waals surface area contributed by atoms with Gasteiger partial charge in [-0.3, -0.25) is 19.6 Å². The van der Waals surface area contributed by atoms with Crippen molar-refractivity contribution in [2.24, 2.45) is 5.73 Å². The lowest BCUT2D eigenvalue weighted by Gasteiger charge is -2.40. The maximum Gasteiger partial charge on any atom is 0.317 e. The van der Waals surface area contributed by atoms with E-state index in [-0.39, 0.29) is 17.5 Å². The lowest BCUT2D eigenvalue weighted by Crippen LogP contribution is -2.50. The molecule has 0 aliphatic carbocycles. The second-order valence-corrected chi connectivity index (χ2v) is 11.3. The Kier molecular flexibility index (Phi) is 9.49. The topological polar surface area (TPSA) is 153 Å². The van der Waals surface area contributed by atoms with Crippen molar-refractivity contribution in [3.05, 3.63) is 35.2 Å². The number of aromatic nitrogens is 4. The second-order valence-electron chi connectivity index (χ2n) is 11.3. The van der Waals surface area contributed by atoms with Crippen LogP contribution in [0.25, 0.3) is 11.0 Å². The number of likely N-dealkylation sites (tertiary alicyclic amines) is 2. The Balaban J connectivity index is 1.27. The number of anilines is 1. The molecule has 0 spiro atoms. The molecule has 0 bridgehead atoms. The molecule has 4 heterocycles. The van der Waals surface area contributed by atoms with Gasteiger partial charge in [-0.05, 0) is 77.2 Å². The monoisotopic (exact) mass is 593 g/mol. The summed E-state index contributed by atoms with van der Waals surface area (Å²) in [6.45, 7) is 9.06. The minimum Gasteiger partial charge on any atom is -0.494 e. The quantitative estimate of drug-likeness (QED) is 0.306. The molecule has 2 aliphatic heterocycles. The van der Waals surface area contributed by atoms with Crippen LogP contribution in [0.3, 0.4) is 0 Å². The van der Waals surface area contributed by atoms with Crippen molar-refractivity contribution in [2.75, 3.05) is 45.2 Å². The highest BCUT2D eigenvalue weighted by Crippen LogP contribution is 2.31. The molecule has 4 amide bonds. The summed E-state index contributed by atoms with van der Waals surface area (Å²) in [6.07, 6.45) is 6.49. The smallest absolute Gasteiger partial charge is 0.317 e. The molecule has 232 valence electrons. The molecule has 0 atom stereocenters. The number of nitrogens with one attached hydrogen (secondary N) is 2. The standard InChI is InChI=1S/C30H43N9O4/c1-4-39-24(17-20(2)35-39)28(41)34-29-33-23-18-21(27(31)40)19-25(43-3)26(23)38(29)14-8-11-32-30(42)37-15-9-22(10-16-37)36-12-6-5-7-13-36/h17-19,22H,4-16H2,1-3H3,(H2,31,40)(H,32,42)(H,33,34,41). The zero-order valence-corrected chi connectivity index (χ0v) is 25.4. The first-order valence-electron chi connectivity index (χ1n) is 15.3. The zero-order valence-electron chi connectivity index (χ0n) is 25.4. The molecule has 43 heavy (non-hydrogen) atoms. The number of ether oxygens (including phenoxy) is 1. The van der Waals surface area contributed by atoms with E-state index in [4.69, 9.17) is 10.5 Å². The predicted molar refractivity (Wildman–Crippen MR) is 163 cm³/mol. The van der Waals surface area contributed by atoms with Crippen molar-refractivity contribution < 1.29 is 19.1 Å². The molecule has 0 saturated carbocycles. The fourth-order valence-corrected chi connectivity index (χ4v) is 6.24. The number of primary amides is 1. The van der Waals surface area contributed by atoms with Crippen LogP contribution in [-0.2, 0) is 13.1 Å². The molecule has 2 aliphatic rings. The fourth-order valence-electron chi connectivity index (χ4n) is 6.24. The van der Waals surface area contributed by atoms with Gasteiger partial charge in [-0.15, -0.1) is 0 Å². The van der Waals surface area contributed by atoms with Crippen LogP contribution < -0.4 is 21.1 Å². The Morgan fingerprint density at radius 3 is 2.49 bits per heavy atom. The van der Waals surface area contributed by atoms with Crippen LogP contribution in [-0.4, -0.2) is 92.9 Å². The van der Waals surface area contributed by atoms with Gasteiger partial charge in [-0.25, -0.2) is 9.78 Å². The number of carbonyl (C=O) groups excluding carboxylic acids is 3. The first-order chi connectivity index (χ1) is 20.8. The van der Waals surface area contributed by atoms with Crippen molar-refractivity contribution in [2.45, 2.75) is 71.5 Å². The average molecular weight is 594 g/mol. The van der Waals surface area contributed by atoms with Crippen LogP contribution in [0.5, 0.6) is 5.75 Å². The van der Waals surface area contributed by atoms with Crippen molar-refractivity contribution in [1.29, 1.82) is 0 Å². The van der Waals surface area contributed by atoms with E-state index in [0.717, 1.165) is 31.6 Å². The molecule has 13 nitrogen and oxygen atoms in total. The molecular formula is C30H43N9O4. The first kappa shape index (κ1) is 30.3. The number of hydrogen-bond acceptors (Lipinski definition) is 7. The Labute approximate surface area is 251 Å². The average Bonchev–Trinajstić information content (AvgIpc) is 3.58. The van der Waals surface area contributed by atoms with Gasteiger partial charge < -0.3 is 30.2 Å². The van der Waals surface area contributed by atoms with Gasteiger partial charge in [-0.1, -0.05) is 6.42 Å². The highest BCUT2D eigenvalue weighted by molar-refractivity contribution is 6.04. The molecule has 2 fully saturated rings. The lowest BCUT2D eigenvalue weighted by atomic mass is 10.0. The maximum absolute atomic E-state index is 13.3. The van der Waals surface area contributed by atoms with Gasteiger partial charge in [0.05, 0.1) is 18.3 Å². The number of fused-ring (bicyclic) bond motifs is 1. The van der Waals surface area contributed by atoms with E-state index in [9.17, 15) is 14.4 Å². The van der Waals surface area contributed by atoms with Crippen molar-refractivity contribution >= 4 is 34.8 Å². The molecule has 2 saturated heterocycles. The van der Waals surface area contributed by atoms with Crippen LogP contribution in [0.15, 0.2) is 18.2 Å². The summed E-state index contributed by atoms with van der Waals surface area (Å²) >= 11 is 0. The van der Waals surface area contributed by atoms with Crippen molar-refractivity contribution in [3.8, 4) is 5.75 Å². The molecule has 1 aromatic carbocycles. The SMILES string of the molecule is CCn1nc(C)cc1C(=O)Nc1nc2cc(C(N)=O)cc(OC)c2n1CCCNC(=O)N1CCC(N2CCCCC2)CC1. The van der Waals surface area contributed by atoms with E-state index in [1.165, 1.54) is 39.5 Å². The van der Waals surface area contributed by atoms with Gasteiger partial charge in [0.15, 0.2) is 0 Å². The molecule has 2 aromatic heterocycles. The highest BCUT2D eigenvalue weighted by atomic mass is 16.5. The zero-order chi connectivity index (χ0) is 30.5. The largest absolute Gasteiger partial charge is 0.494 e. The molecule has 3 aromatic rings. The van der Waals surface area contributed by atoms with Crippen LogP contribution in [0.2, 0.25) is 0 Å². The summed E-state index contributed by atoms with van der Waals surface area (Å²) in [5.74, 6) is -0.249. The van der Waals surface area contributed by atoms with E-state index in [0.29, 0.717) is 60.5 Å². The third kappa shape index (κ3) is 6.76. The van der Waals surface area contributed by atoms with E-state index < -0.39 is 5.91 Å². The van der Waals surface area contributed by atoms with Crippen molar-refractivity contribution in [3.63, 3.8) is 0 Å². The van der Waals surface area contributed by atoms with Crippen LogP contribution in [0, 0.1) is 6.92 Å². The number of nitrogens with two attached hydrogens (primary N) is 1. The number of urea groups is 1. The third-order valence-corrected chi connectivity index (χ3v) is 8.46. The van der Waals surface area contributed by atoms with E-state index in [1.54, 1.807) is 22.9 Å². The summed E-state index contributed by atoms with van der Waals surface area (Å²) in [6, 6.07) is 5.41. The summed E-state index contributed by atoms with van der Waals surface area (Å²) < 4.78 is 9.08. The highest BCUT2D eigenvalue weighted by Gasteiger charge is 2.27. The summed E-state index contributed by atoms with van der Waals surface area (Å²) in [4.78, 5) is 47.3. The van der Waals surface area contributed by atoms with Gasteiger partial charge in [0.25, 0.3) is 5.91 Å². The van der Waals surface area contributed by atoms with Gasteiger partial charge in [-0.2, -0.15) is 5.10 Å². The Hall–Kier alpha value is -4.13. The van der Waals surface area contributed by atoms with E-state index >= 15 is 0 Å². The Bertz CT molecular complexity index is 1470. The second kappa shape index (κ2) is 13.4. The lowest BCUT2D eigenvalue weighted by molar-refractivity contribution is 0.0995. The summed E-state index contributed by atoms with van der Waals surface area (Å²) in [5.41, 5.74) is 8.03. The molecular weight excluding hydrogens is 550 g/mol. The van der Waals surface area contributed by atoms with Crippen LogP contribution in [0.4, 0.5) is 10.7 Å². The van der Waals surface area contributed by atoms with Gasteiger partial charge in [0.1, 0.15) is 17.0 Å². The molecule has 4 N–H and O–H groups in total. The number of carbonyl (C=O) groups is 3. The number of amides is 4. The Morgan fingerprint density at radius 2 is 1.81 bits per heavy atom. The number of piperidine rings is 2. The van der Waals surface area contributed by atoms with E-state index in [1.807, 2.05) is 23.3 Å². The number of imidazole rings is 1. The third-order valence-electron chi connectivity index (χ3n) is 8.46. The number of rotatable bonds is 10. The first-order valence-corrected chi connectivity index (χ1v) is 15.3. The van der Waals surface area contributed by atoms with Gasteiger partial charge in [0, 0.05) is 44.3 Å². The van der Waals surface area contributed by atoms with Gasteiger partial charge in [0.2, 0.25) is 11.9 Å². The summed E-state index contributed by atoms with van der Waals surface area (Å²) in [5, 5.41) is 10.3.